The predicted molar refractivity (Wildman–Crippen MR) is 126 cm³/mol. The number of fused-ring (bicyclic) bond motifs is 3. The minimum absolute atomic E-state index is 0.0473. The van der Waals surface area contributed by atoms with Crippen LogP contribution in [0.5, 0.6) is 0 Å². The Labute approximate surface area is 179 Å². The second kappa shape index (κ2) is 7.66. The van der Waals surface area contributed by atoms with Gasteiger partial charge in [0.25, 0.3) is 0 Å². The Morgan fingerprint density at radius 3 is 2.03 bits per heavy atom. The molecule has 5 rings (SSSR count). The molecular formula is C27H18ClNO. The molecule has 0 saturated carbocycles. The maximum absolute atomic E-state index is 12.5. The molecule has 30 heavy (non-hydrogen) atoms. The van der Waals surface area contributed by atoms with Crippen molar-refractivity contribution < 1.29 is 4.79 Å². The number of carbonyl (C=O) groups excluding carboxylic acids is 1. The number of allylic oxidation sites excluding steroid dienone is 1. The molecule has 0 aliphatic rings. The zero-order chi connectivity index (χ0) is 20.5. The van der Waals surface area contributed by atoms with E-state index in [4.69, 9.17) is 11.6 Å². The van der Waals surface area contributed by atoms with Crippen molar-refractivity contribution in [2.24, 2.45) is 0 Å². The number of halogens is 1. The molecule has 0 radical (unpaired) electrons. The normalized spacial score (nSPS) is 11.5. The second-order valence-corrected chi connectivity index (χ2v) is 7.61. The highest BCUT2D eigenvalue weighted by atomic mass is 35.5. The van der Waals surface area contributed by atoms with Gasteiger partial charge in [-0.25, -0.2) is 0 Å². The summed E-state index contributed by atoms with van der Waals surface area (Å²) < 4.78 is 2.27. The molecule has 1 aromatic heterocycles. The first-order chi connectivity index (χ1) is 14.7. The lowest BCUT2D eigenvalue weighted by Crippen LogP contribution is -1.95. The van der Waals surface area contributed by atoms with E-state index in [9.17, 15) is 4.79 Å². The maximum atomic E-state index is 12.5. The number of hydrogen-bond acceptors (Lipinski definition) is 1. The van der Waals surface area contributed by atoms with Crippen LogP contribution in [0.2, 0.25) is 5.02 Å². The van der Waals surface area contributed by atoms with E-state index in [2.05, 4.69) is 65.2 Å². The third-order valence-electron chi connectivity index (χ3n) is 5.26. The van der Waals surface area contributed by atoms with Crippen LogP contribution in [-0.2, 0) is 0 Å². The van der Waals surface area contributed by atoms with Gasteiger partial charge in [-0.05, 0) is 60.2 Å². The van der Waals surface area contributed by atoms with E-state index in [-0.39, 0.29) is 5.78 Å². The number of nitrogens with zero attached hydrogens (tertiary/aromatic N) is 1. The third-order valence-corrected chi connectivity index (χ3v) is 5.52. The van der Waals surface area contributed by atoms with Gasteiger partial charge in [0.1, 0.15) is 0 Å². The van der Waals surface area contributed by atoms with E-state index in [0.717, 1.165) is 22.3 Å². The molecule has 0 aliphatic heterocycles. The first kappa shape index (κ1) is 18.4. The number of hydrogen-bond donors (Lipinski definition) is 0. The number of carbonyl (C=O) groups is 1. The second-order valence-electron chi connectivity index (χ2n) is 7.17. The Morgan fingerprint density at radius 2 is 1.37 bits per heavy atom. The van der Waals surface area contributed by atoms with Gasteiger partial charge < -0.3 is 4.57 Å². The number of para-hydroxylation sites is 2. The van der Waals surface area contributed by atoms with Gasteiger partial charge in [0.15, 0.2) is 5.78 Å². The summed E-state index contributed by atoms with van der Waals surface area (Å²) in [6, 6.07) is 32.0. The molecule has 1 heterocycles. The summed E-state index contributed by atoms with van der Waals surface area (Å²) in [7, 11) is 0. The molecule has 0 bridgehead atoms. The lowest BCUT2D eigenvalue weighted by Gasteiger charge is -2.08. The quantitative estimate of drug-likeness (QED) is 0.226. The summed E-state index contributed by atoms with van der Waals surface area (Å²) in [6.45, 7) is 0. The van der Waals surface area contributed by atoms with Crippen LogP contribution in [0.15, 0.2) is 103 Å². The van der Waals surface area contributed by atoms with Crippen molar-refractivity contribution in [3.05, 3.63) is 119 Å². The summed E-state index contributed by atoms with van der Waals surface area (Å²) in [5.74, 6) is -0.0473. The number of aromatic nitrogens is 1. The molecule has 3 heteroatoms. The van der Waals surface area contributed by atoms with E-state index >= 15 is 0 Å². The van der Waals surface area contributed by atoms with Crippen molar-refractivity contribution in [3.63, 3.8) is 0 Å². The van der Waals surface area contributed by atoms with Gasteiger partial charge in [0, 0.05) is 27.0 Å². The SMILES string of the molecule is O=C(C=Cc1cccc(-n2c3ccccc3c3ccccc32)c1)c1ccc(Cl)cc1. The Morgan fingerprint density at radius 1 is 0.733 bits per heavy atom. The van der Waals surface area contributed by atoms with Gasteiger partial charge in [-0.15, -0.1) is 0 Å². The van der Waals surface area contributed by atoms with Crippen molar-refractivity contribution >= 4 is 45.3 Å². The molecule has 0 unspecified atom stereocenters. The van der Waals surface area contributed by atoms with Gasteiger partial charge in [0.2, 0.25) is 0 Å². The highest BCUT2D eigenvalue weighted by Gasteiger charge is 2.11. The van der Waals surface area contributed by atoms with Crippen LogP contribution < -0.4 is 0 Å². The highest BCUT2D eigenvalue weighted by Crippen LogP contribution is 2.31. The van der Waals surface area contributed by atoms with Gasteiger partial charge >= 0.3 is 0 Å². The summed E-state index contributed by atoms with van der Waals surface area (Å²) >= 11 is 5.91. The topological polar surface area (TPSA) is 22.0 Å². The smallest absolute Gasteiger partial charge is 0.185 e. The molecule has 0 amide bonds. The fourth-order valence-corrected chi connectivity index (χ4v) is 3.98. The molecule has 0 fully saturated rings. The number of ketones is 1. The van der Waals surface area contributed by atoms with Crippen LogP contribution in [-0.4, -0.2) is 10.4 Å². The molecule has 2 nitrogen and oxygen atoms in total. The largest absolute Gasteiger partial charge is 0.309 e. The zero-order valence-electron chi connectivity index (χ0n) is 16.1. The average molecular weight is 408 g/mol. The highest BCUT2D eigenvalue weighted by molar-refractivity contribution is 6.30. The van der Waals surface area contributed by atoms with Crippen molar-refractivity contribution in [1.82, 2.24) is 4.57 Å². The molecule has 0 atom stereocenters. The first-order valence-electron chi connectivity index (χ1n) is 9.77. The molecule has 0 spiro atoms. The molecule has 5 aromatic rings. The summed E-state index contributed by atoms with van der Waals surface area (Å²) in [5, 5.41) is 3.08. The fraction of sp³-hybridized carbons (Fsp3) is 0. The molecular weight excluding hydrogens is 390 g/mol. The Bertz CT molecular complexity index is 1360. The maximum Gasteiger partial charge on any atom is 0.185 e. The minimum atomic E-state index is -0.0473. The van der Waals surface area contributed by atoms with Gasteiger partial charge in [-0.1, -0.05) is 66.2 Å². The van der Waals surface area contributed by atoms with Crippen LogP contribution in [0, 0.1) is 0 Å². The summed E-state index contributed by atoms with van der Waals surface area (Å²) in [6.07, 6.45) is 3.46. The molecule has 0 N–H and O–H groups in total. The standard InChI is InChI=1S/C27H18ClNO/c28-21-15-13-20(14-16-21)27(30)17-12-19-6-5-7-22(18-19)29-25-10-3-1-8-23(25)24-9-2-4-11-26(24)29/h1-18H. The van der Waals surface area contributed by atoms with Gasteiger partial charge in [0.05, 0.1) is 11.0 Å². The van der Waals surface area contributed by atoms with Crippen molar-refractivity contribution in [1.29, 1.82) is 0 Å². The van der Waals surface area contributed by atoms with Crippen molar-refractivity contribution in [3.8, 4) is 5.69 Å². The van der Waals surface area contributed by atoms with E-state index in [1.807, 2.05) is 18.2 Å². The van der Waals surface area contributed by atoms with Gasteiger partial charge in [-0.2, -0.15) is 0 Å². The minimum Gasteiger partial charge on any atom is -0.309 e. The van der Waals surface area contributed by atoms with Crippen LogP contribution >= 0.6 is 11.6 Å². The number of rotatable bonds is 4. The lowest BCUT2D eigenvalue weighted by molar-refractivity contribution is 0.104. The Kier molecular flexibility index (Phi) is 4.70. The van der Waals surface area contributed by atoms with E-state index in [0.29, 0.717) is 10.6 Å². The number of benzene rings is 4. The zero-order valence-corrected chi connectivity index (χ0v) is 16.9. The lowest BCUT2D eigenvalue weighted by atomic mass is 10.1. The predicted octanol–water partition coefficient (Wildman–Crippen LogP) is 7.33. The summed E-state index contributed by atoms with van der Waals surface area (Å²) in [5.41, 5.74) is 4.98. The first-order valence-corrected chi connectivity index (χ1v) is 10.2. The van der Waals surface area contributed by atoms with Crippen LogP contribution in [0.4, 0.5) is 0 Å². The van der Waals surface area contributed by atoms with Crippen molar-refractivity contribution in [2.75, 3.05) is 0 Å². The van der Waals surface area contributed by atoms with Crippen molar-refractivity contribution in [2.45, 2.75) is 0 Å². The van der Waals surface area contributed by atoms with E-state index < -0.39 is 0 Å². The van der Waals surface area contributed by atoms with Crippen LogP contribution in [0.1, 0.15) is 15.9 Å². The van der Waals surface area contributed by atoms with Crippen LogP contribution in [0.25, 0.3) is 33.6 Å². The molecule has 0 saturated heterocycles. The van der Waals surface area contributed by atoms with E-state index in [1.54, 1.807) is 30.3 Å². The molecule has 4 aromatic carbocycles. The van der Waals surface area contributed by atoms with E-state index in [1.165, 1.54) is 10.8 Å². The third kappa shape index (κ3) is 3.32. The fourth-order valence-electron chi connectivity index (χ4n) is 3.85. The molecule has 0 aliphatic carbocycles. The Balaban J connectivity index is 1.55. The monoisotopic (exact) mass is 407 g/mol. The average Bonchev–Trinajstić information content (AvgIpc) is 3.13. The van der Waals surface area contributed by atoms with Crippen LogP contribution in [0.3, 0.4) is 0 Å². The van der Waals surface area contributed by atoms with Gasteiger partial charge in [-0.3, -0.25) is 4.79 Å². The Hall–Kier alpha value is -3.62. The molecule has 144 valence electrons. The summed E-state index contributed by atoms with van der Waals surface area (Å²) in [4.78, 5) is 12.5.